The number of hydrogen-bond donors (Lipinski definition) is 4. The van der Waals surface area contributed by atoms with Crippen molar-refractivity contribution in [1.29, 1.82) is 0 Å². The third-order valence-electron chi connectivity index (χ3n) is 5.63. The SMILES string of the molecule is CNCCC1=C2C(=O)C=CC(c3ccc4[nH]cc(CCN(C)C)c4c3O)=C2NC1=O. The van der Waals surface area contributed by atoms with Gasteiger partial charge in [-0.05, 0) is 70.4 Å². The summed E-state index contributed by atoms with van der Waals surface area (Å²) < 4.78 is 0. The Balaban J connectivity index is 1.84. The summed E-state index contributed by atoms with van der Waals surface area (Å²) in [4.78, 5) is 30.4. The number of phenols is 1. The van der Waals surface area contributed by atoms with Crippen molar-refractivity contribution in [3.05, 3.63) is 58.5 Å². The van der Waals surface area contributed by atoms with E-state index >= 15 is 0 Å². The van der Waals surface area contributed by atoms with E-state index < -0.39 is 0 Å². The van der Waals surface area contributed by atoms with Crippen molar-refractivity contribution in [2.45, 2.75) is 12.8 Å². The molecule has 0 atom stereocenters. The predicted molar refractivity (Wildman–Crippen MR) is 117 cm³/mol. The van der Waals surface area contributed by atoms with Crippen LogP contribution in [0.25, 0.3) is 16.5 Å². The number of nitrogens with one attached hydrogen (secondary N) is 3. The largest absolute Gasteiger partial charge is 0.507 e. The molecule has 2 heterocycles. The van der Waals surface area contributed by atoms with Crippen LogP contribution in [0.4, 0.5) is 0 Å². The molecule has 0 saturated carbocycles. The molecule has 0 spiro atoms. The van der Waals surface area contributed by atoms with Crippen LogP contribution in [0, 0.1) is 0 Å². The molecule has 7 heteroatoms. The quantitative estimate of drug-likeness (QED) is 0.563. The van der Waals surface area contributed by atoms with Crippen molar-refractivity contribution in [3.8, 4) is 5.75 Å². The summed E-state index contributed by atoms with van der Waals surface area (Å²) in [7, 11) is 5.83. The van der Waals surface area contributed by atoms with E-state index in [1.807, 2.05) is 32.4 Å². The molecule has 0 saturated heterocycles. The minimum absolute atomic E-state index is 0.154. The van der Waals surface area contributed by atoms with Gasteiger partial charge in [0.25, 0.3) is 5.91 Å². The van der Waals surface area contributed by atoms with E-state index in [2.05, 4.69) is 20.5 Å². The Labute approximate surface area is 175 Å². The smallest absolute Gasteiger partial charge is 0.252 e. The Hall–Kier alpha value is -3.16. The number of fused-ring (bicyclic) bond motifs is 2. The van der Waals surface area contributed by atoms with Gasteiger partial charge in [0.1, 0.15) is 5.75 Å². The molecule has 4 rings (SSSR count). The molecule has 0 unspecified atom stereocenters. The fourth-order valence-corrected chi connectivity index (χ4v) is 4.06. The molecule has 2 aliphatic rings. The summed E-state index contributed by atoms with van der Waals surface area (Å²) in [5.41, 5.74) is 4.51. The lowest BCUT2D eigenvalue weighted by Gasteiger charge is -2.16. The second kappa shape index (κ2) is 7.93. The van der Waals surface area contributed by atoms with Gasteiger partial charge in [0, 0.05) is 40.4 Å². The third-order valence-corrected chi connectivity index (χ3v) is 5.63. The van der Waals surface area contributed by atoms with Crippen molar-refractivity contribution < 1.29 is 14.7 Å². The highest BCUT2D eigenvalue weighted by Gasteiger charge is 2.34. The topological polar surface area (TPSA) is 97.5 Å². The summed E-state index contributed by atoms with van der Waals surface area (Å²) in [6.45, 7) is 1.46. The Morgan fingerprint density at radius 1 is 1.13 bits per heavy atom. The number of rotatable bonds is 7. The zero-order chi connectivity index (χ0) is 21.4. The van der Waals surface area contributed by atoms with Gasteiger partial charge < -0.3 is 25.6 Å². The summed E-state index contributed by atoms with van der Waals surface area (Å²) >= 11 is 0. The van der Waals surface area contributed by atoms with E-state index in [1.54, 1.807) is 13.1 Å². The number of phenolic OH excluding ortho intramolecular Hbond substituents is 1. The first-order valence-electron chi connectivity index (χ1n) is 10.1. The van der Waals surface area contributed by atoms with Gasteiger partial charge >= 0.3 is 0 Å². The second-order valence-corrected chi connectivity index (χ2v) is 7.90. The van der Waals surface area contributed by atoms with Crippen LogP contribution in [0.15, 0.2) is 47.3 Å². The van der Waals surface area contributed by atoms with Crippen LogP contribution < -0.4 is 10.6 Å². The molecule has 0 fully saturated rings. The van der Waals surface area contributed by atoms with Crippen LogP contribution in [0.3, 0.4) is 0 Å². The standard InChI is InChI=1S/C23H26N4O3/c1-24-10-8-16-20-18(28)7-5-14(21(20)26-23(16)30)15-4-6-17-19(22(15)29)13(12-25-17)9-11-27(2)3/h4-7,12,24-25,29H,8-11H2,1-3H3,(H,26,30). The number of likely N-dealkylation sites (N-methyl/N-ethyl adjacent to an activating group) is 1. The molecule has 0 radical (unpaired) electrons. The first-order chi connectivity index (χ1) is 14.4. The maximum Gasteiger partial charge on any atom is 0.252 e. The number of nitrogens with zero attached hydrogens (tertiary/aromatic N) is 1. The number of amides is 1. The van der Waals surface area contributed by atoms with E-state index in [4.69, 9.17) is 0 Å². The van der Waals surface area contributed by atoms with Crippen molar-refractivity contribution >= 4 is 28.2 Å². The molecular weight excluding hydrogens is 380 g/mol. The fraction of sp³-hybridized carbons (Fsp3) is 0.304. The van der Waals surface area contributed by atoms with Crippen LogP contribution in [-0.2, 0) is 16.0 Å². The summed E-state index contributed by atoms with van der Waals surface area (Å²) in [5.74, 6) is -0.285. The molecule has 0 bridgehead atoms. The highest BCUT2D eigenvalue weighted by molar-refractivity contribution is 6.22. The van der Waals surface area contributed by atoms with Crippen LogP contribution >= 0.6 is 0 Å². The molecule has 1 aromatic heterocycles. The number of carbonyl (C=O) groups excluding carboxylic acids is 2. The fourth-order valence-electron chi connectivity index (χ4n) is 4.06. The van der Waals surface area contributed by atoms with Gasteiger partial charge in [0.05, 0.1) is 11.3 Å². The Morgan fingerprint density at radius 3 is 2.67 bits per heavy atom. The van der Waals surface area contributed by atoms with Crippen molar-refractivity contribution in [1.82, 2.24) is 20.5 Å². The van der Waals surface area contributed by atoms with Crippen LogP contribution in [0.5, 0.6) is 5.75 Å². The lowest BCUT2D eigenvalue weighted by molar-refractivity contribution is -0.116. The first-order valence-corrected chi connectivity index (χ1v) is 10.1. The van der Waals surface area contributed by atoms with E-state index in [0.717, 1.165) is 29.4 Å². The molecule has 2 aromatic rings. The van der Waals surface area contributed by atoms with E-state index in [0.29, 0.717) is 40.9 Å². The molecule has 1 amide bonds. The summed E-state index contributed by atoms with van der Waals surface area (Å²) in [5, 5.41) is 17.8. The minimum Gasteiger partial charge on any atom is -0.507 e. The molecule has 30 heavy (non-hydrogen) atoms. The second-order valence-electron chi connectivity index (χ2n) is 7.90. The van der Waals surface area contributed by atoms with Crippen molar-refractivity contribution in [2.75, 3.05) is 34.2 Å². The Bertz CT molecular complexity index is 1130. The zero-order valence-electron chi connectivity index (χ0n) is 17.4. The van der Waals surface area contributed by atoms with E-state index in [9.17, 15) is 14.7 Å². The number of ketones is 1. The van der Waals surface area contributed by atoms with Gasteiger partial charge in [-0.3, -0.25) is 9.59 Å². The van der Waals surface area contributed by atoms with Gasteiger partial charge in [-0.2, -0.15) is 0 Å². The highest BCUT2D eigenvalue weighted by atomic mass is 16.3. The molecule has 7 nitrogen and oxygen atoms in total. The van der Waals surface area contributed by atoms with Crippen molar-refractivity contribution in [3.63, 3.8) is 0 Å². The molecule has 1 aliphatic heterocycles. The number of benzene rings is 1. The van der Waals surface area contributed by atoms with Gasteiger partial charge in [0.15, 0.2) is 5.78 Å². The Kier molecular flexibility index (Phi) is 5.32. The van der Waals surface area contributed by atoms with E-state index in [-0.39, 0.29) is 17.4 Å². The zero-order valence-corrected chi connectivity index (χ0v) is 17.4. The average Bonchev–Trinajstić information content (AvgIpc) is 3.27. The van der Waals surface area contributed by atoms with Crippen molar-refractivity contribution in [2.24, 2.45) is 0 Å². The molecule has 156 valence electrons. The van der Waals surface area contributed by atoms with E-state index in [1.165, 1.54) is 6.08 Å². The highest BCUT2D eigenvalue weighted by Crippen LogP contribution is 2.41. The molecule has 1 aromatic carbocycles. The van der Waals surface area contributed by atoms with Gasteiger partial charge in [0.2, 0.25) is 0 Å². The lowest BCUT2D eigenvalue weighted by Crippen LogP contribution is -2.20. The number of aromatic nitrogens is 1. The van der Waals surface area contributed by atoms with Crippen LogP contribution in [0.1, 0.15) is 17.5 Å². The lowest BCUT2D eigenvalue weighted by atomic mass is 9.89. The molecular formula is C23H26N4O3. The molecule has 1 aliphatic carbocycles. The van der Waals surface area contributed by atoms with Gasteiger partial charge in [-0.1, -0.05) is 0 Å². The summed E-state index contributed by atoms with van der Waals surface area (Å²) in [6, 6.07) is 3.74. The number of allylic oxidation sites excluding steroid dienone is 4. The maximum absolute atomic E-state index is 12.6. The Morgan fingerprint density at radius 2 is 1.93 bits per heavy atom. The molecule has 4 N–H and O–H groups in total. The third kappa shape index (κ3) is 3.36. The average molecular weight is 406 g/mol. The number of aromatic hydroxyl groups is 1. The van der Waals surface area contributed by atoms with Crippen LogP contribution in [-0.4, -0.2) is 60.9 Å². The minimum atomic E-state index is -0.251. The number of carbonyl (C=O) groups is 2. The van der Waals surface area contributed by atoms with Gasteiger partial charge in [-0.25, -0.2) is 0 Å². The van der Waals surface area contributed by atoms with Gasteiger partial charge in [-0.15, -0.1) is 0 Å². The predicted octanol–water partition coefficient (Wildman–Crippen LogP) is 1.86. The monoisotopic (exact) mass is 406 g/mol. The first kappa shape index (κ1) is 20.1. The normalized spacial score (nSPS) is 16.3. The number of H-pyrrole nitrogens is 1. The summed E-state index contributed by atoms with van der Waals surface area (Å²) in [6.07, 6.45) is 6.33. The van der Waals surface area contributed by atoms with Crippen LogP contribution in [0.2, 0.25) is 0 Å². The number of aromatic amines is 1. The maximum atomic E-state index is 12.6. The number of hydrogen-bond acceptors (Lipinski definition) is 5.